The summed E-state index contributed by atoms with van der Waals surface area (Å²) >= 11 is 0. The number of hydrogen-bond donors (Lipinski definition) is 1. The van der Waals surface area contributed by atoms with Gasteiger partial charge < -0.3 is 10.2 Å². The minimum Gasteiger partial charge on any atom is -0.314 e. The van der Waals surface area contributed by atoms with E-state index in [-0.39, 0.29) is 5.82 Å². The fourth-order valence-corrected chi connectivity index (χ4v) is 2.66. The van der Waals surface area contributed by atoms with Crippen molar-refractivity contribution in [2.45, 2.75) is 32.7 Å². The molecule has 1 unspecified atom stereocenters. The molecule has 1 fully saturated rings. The van der Waals surface area contributed by atoms with Crippen molar-refractivity contribution in [2.75, 3.05) is 26.2 Å². The van der Waals surface area contributed by atoms with Crippen LogP contribution in [0.3, 0.4) is 0 Å². The molecule has 19 heavy (non-hydrogen) atoms. The average molecular weight is 264 g/mol. The summed E-state index contributed by atoms with van der Waals surface area (Å²) in [6.45, 7) is 8.75. The second kappa shape index (κ2) is 7.01. The van der Waals surface area contributed by atoms with Crippen LogP contribution in [-0.4, -0.2) is 37.1 Å². The smallest absolute Gasteiger partial charge is 0.126 e. The lowest BCUT2D eigenvalue weighted by atomic mass is 10.1. The van der Waals surface area contributed by atoms with Gasteiger partial charge in [0.15, 0.2) is 0 Å². The molecule has 1 saturated heterocycles. The number of nitrogens with zero attached hydrogens (tertiary/aromatic N) is 1. The summed E-state index contributed by atoms with van der Waals surface area (Å²) in [5.74, 6) is 0.683. The standard InChI is InChI=1S/C16H25FN2/c1-13(2)18-11-14-7-9-19(12-14)10-8-15-5-3-4-6-16(15)17/h3-6,13-14,18H,7-12H2,1-2H3. The van der Waals surface area contributed by atoms with Crippen LogP contribution in [0, 0.1) is 11.7 Å². The van der Waals surface area contributed by atoms with Gasteiger partial charge >= 0.3 is 0 Å². The fourth-order valence-electron chi connectivity index (χ4n) is 2.66. The van der Waals surface area contributed by atoms with Crippen molar-refractivity contribution in [1.29, 1.82) is 0 Å². The Bertz CT molecular complexity index is 392. The molecular formula is C16H25FN2. The maximum atomic E-state index is 13.5. The molecule has 3 heteroatoms. The molecule has 1 N–H and O–H groups in total. The molecule has 0 aromatic heterocycles. The zero-order chi connectivity index (χ0) is 13.7. The summed E-state index contributed by atoms with van der Waals surface area (Å²) in [6, 6.07) is 7.67. The van der Waals surface area contributed by atoms with Gasteiger partial charge in [-0.05, 0) is 43.5 Å². The SMILES string of the molecule is CC(C)NCC1CCN(CCc2ccccc2F)C1. The summed E-state index contributed by atoms with van der Waals surface area (Å²) in [5, 5.41) is 3.50. The minimum atomic E-state index is -0.0697. The van der Waals surface area contributed by atoms with Crippen molar-refractivity contribution < 1.29 is 4.39 Å². The van der Waals surface area contributed by atoms with Crippen LogP contribution in [0.2, 0.25) is 0 Å². The summed E-state index contributed by atoms with van der Waals surface area (Å²) in [6.07, 6.45) is 2.08. The highest BCUT2D eigenvalue weighted by Crippen LogP contribution is 2.16. The molecule has 2 rings (SSSR count). The Morgan fingerprint density at radius 1 is 1.37 bits per heavy atom. The van der Waals surface area contributed by atoms with Crippen molar-refractivity contribution in [1.82, 2.24) is 10.2 Å². The maximum absolute atomic E-state index is 13.5. The molecule has 1 aromatic carbocycles. The molecule has 0 bridgehead atoms. The third-order valence-electron chi connectivity index (χ3n) is 3.84. The van der Waals surface area contributed by atoms with Crippen molar-refractivity contribution >= 4 is 0 Å². The second-order valence-electron chi connectivity index (χ2n) is 5.86. The van der Waals surface area contributed by atoms with E-state index in [1.54, 1.807) is 12.1 Å². The normalized spacial score (nSPS) is 20.3. The van der Waals surface area contributed by atoms with E-state index in [9.17, 15) is 4.39 Å². The number of rotatable bonds is 6. The molecule has 2 nitrogen and oxygen atoms in total. The minimum absolute atomic E-state index is 0.0697. The van der Waals surface area contributed by atoms with Gasteiger partial charge in [0.1, 0.15) is 5.82 Å². The van der Waals surface area contributed by atoms with Crippen LogP contribution < -0.4 is 5.32 Å². The number of nitrogens with one attached hydrogen (secondary N) is 1. The van der Waals surface area contributed by atoms with E-state index in [1.165, 1.54) is 6.42 Å². The lowest BCUT2D eigenvalue weighted by Gasteiger charge is -2.17. The predicted octanol–water partition coefficient (Wildman–Crippen LogP) is 2.69. The van der Waals surface area contributed by atoms with Gasteiger partial charge in [-0.15, -0.1) is 0 Å². The summed E-state index contributed by atoms with van der Waals surface area (Å²) in [7, 11) is 0. The first-order valence-electron chi connectivity index (χ1n) is 7.34. The lowest BCUT2D eigenvalue weighted by Crippen LogP contribution is -2.31. The molecule has 0 amide bonds. The van der Waals surface area contributed by atoms with Gasteiger partial charge in [-0.1, -0.05) is 32.0 Å². The van der Waals surface area contributed by atoms with E-state index in [2.05, 4.69) is 24.1 Å². The van der Waals surface area contributed by atoms with Crippen LogP contribution in [-0.2, 0) is 6.42 Å². The van der Waals surface area contributed by atoms with Gasteiger partial charge in [0.05, 0.1) is 0 Å². The predicted molar refractivity (Wildman–Crippen MR) is 77.8 cm³/mol. The Kier molecular flexibility index (Phi) is 5.34. The van der Waals surface area contributed by atoms with Gasteiger partial charge in [0, 0.05) is 19.1 Å². The largest absolute Gasteiger partial charge is 0.314 e. The van der Waals surface area contributed by atoms with Gasteiger partial charge in [-0.25, -0.2) is 4.39 Å². The third-order valence-corrected chi connectivity index (χ3v) is 3.84. The fraction of sp³-hybridized carbons (Fsp3) is 0.625. The number of benzene rings is 1. The third kappa shape index (κ3) is 4.59. The first-order valence-corrected chi connectivity index (χ1v) is 7.34. The highest BCUT2D eigenvalue weighted by atomic mass is 19.1. The van der Waals surface area contributed by atoms with Crippen LogP contribution >= 0.6 is 0 Å². The van der Waals surface area contributed by atoms with Crippen molar-refractivity contribution in [2.24, 2.45) is 5.92 Å². The molecule has 0 aliphatic carbocycles. The van der Waals surface area contributed by atoms with E-state index < -0.39 is 0 Å². The average Bonchev–Trinajstić information content (AvgIpc) is 2.83. The van der Waals surface area contributed by atoms with Gasteiger partial charge in [-0.2, -0.15) is 0 Å². The molecule has 1 aliphatic heterocycles. The first-order chi connectivity index (χ1) is 9.15. The summed E-state index contributed by atoms with van der Waals surface area (Å²) < 4.78 is 13.5. The molecular weight excluding hydrogens is 239 g/mol. The molecule has 1 atom stereocenters. The summed E-state index contributed by atoms with van der Waals surface area (Å²) in [4.78, 5) is 2.46. The highest BCUT2D eigenvalue weighted by Gasteiger charge is 2.22. The lowest BCUT2D eigenvalue weighted by molar-refractivity contribution is 0.322. The van der Waals surface area contributed by atoms with E-state index in [0.717, 1.165) is 44.1 Å². The molecule has 1 aromatic rings. The highest BCUT2D eigenvalue weighted by molar-refractivity contribution is 5.17. The summed E-state index contributed by atoms with van der Waals surface area (Å²) in [5.41, 5.74) is 0.839. The van der Waals surface area contributed by atoms with Crippen molar-refractivity contribution in [3.05, 3.63) is 35.6 Å². The topological polar surface area (TPSA) is 15.3 Å². The molecule has 1 heterocycles. The van der Waals surface area contributed by atoms with Crippen LogP contribution in [0.1, 0.15) is 25.8 Å². The molecule has 106 valence electrons. The molecule has 0 radical (unpaired) electrons. The Hall–Kier alpha value is -0.930. The Morgan fingerprint density at radius 2 is 2.16 bits per heavy atom. The molecule has 0 spiro atoms. The van der Waals surface area contributed by atoms with E-state index in [1.807, 2.05) is 12.1 Å². The van der Waals surface area contributed by atoms with Crippen molar-refractivity contribution in [3.63, 3.8) is 0 Å². The quantitative estimate of drug-likeness (QED) is 0.850. The molecule has 0 saturated carbocycles. The van der Waals surface area contributed by atoms with Gasteiger partial charge in [-0.3, -0.25) is 0 Å². The van der Waals surface area contributed by atoms with Crippen LogP contribution in [0.5, 0.6) is 0 Å². The number of halogens is 1. The Morgan fingerprint density at radius 3 is 2.89 bits per heavy atom. The van der Waals surface area contributed by atoms with E-state index >= 15 is 0 Å². The van der Waals surface area contributed by atoms with E-state index in [0.29, 0.717) is 6.04 Å². The zero-order valence-corrected chi connectivity index (χ0v) is 12.0. The number of hydrogen-bond acceptors (Lipinski definition) is 2. The maximum Gasteiger partial charge on any atom is 0.126 e. The monoisotopic (exact) mass is 264 g/mol. The Balaban J connectivity index is 1.72. The molecule has 1 aliphatic rings. The van der Waals surface area contributed by atoms with Gasteiger partial charge in [0.25, 0.3) is 0 Å². The first kappa shape index (κ1) is 14.5. The van der Waals surface area contributed by atoms with Crippen LogP contribution in [0.15, 0.2) is 24.3 Å². The van der Waals surface area contributed by atoms with E-state index in [4.69, 9.17) is 0 Å². The number of likely N-dealkylation sites (tertiary alicyclic amines) is 1. The zero-order valence-electron chi connectivity index (χ0n) is 12.0. The van der Waals surface area contributed by atoms with Crippen LogP contribution in [0.25, 0.3) is 0 Å². The second-order valence-corrected chi connectivity index (χ2v) is 5.86. The van der Waals surface area contributed by atoms with Crippen LogP contribution in [0.4, 0.5) is 4.39 Å². The van der Waals surface area contributed by atoms with Crippen molar-refractivity contribution in [3.8, 4) is 0 Å². The van der Waals surface area contributed by atoms with Gasteiger partial charge in [0.2, 0.25) is 0 Å². The Labute approximate surface area is 116 Å².